The molecule has 0 aliphatic rings. The van der Waals surface area contributed by atoms with E-state index in [1.165, 1.54) is 6.07 Å². The van der Waals surface area contributed by atoms with Crippen molar-refractivity contribution in [3.63, 3.8) is 0 Å². The third-order valence-electron chi connectivity index (χ3n) is 2.59. The van der Waals surface area contributed by atoms with Crippen LogP contribution >= 0.6 is 0 Å². The molecule has 0 aliphatic carbocycles. The largest absolute Gasteiger partial charge is 0.373 e. The lowest BCUT2D eigenvalue weighted by atomic mass is 10.3. The Bertz CT molecular complexity index is 622. The molecule has 100 valence electrons. The lowest BCUT2D eigenvalue weighted by Crippen LogP contribution is -2.02. The summed E-state index contributed by atoms with van der Waals surface area (Å²) in [6.07, 6.45) is 1.74. The molecule has 0 aromatic carbocycles. The van der Waals surface area contributed by atoms with Crippen LogP contribution in [0.4, 0.5) is 23.0 Å². The Hall–Kier alpha value is -2.64. The van der Waals surface area contributed by atoms with Gasteiger partial charge in [0.25, 0.3) is 0 Å². The van der Waals surface area contributed by atoms with Crippen LogP contribution in [0.5, 0.6) is 0 Å². The molecule has 0 atom stereocenters. The van der Waals surface area contributed by atoms with E-state index < -0.39 is 4.92 Å². The Morgan fingerprint density at radius 2 is 2.16 bits per heavy atom. The fourth-order valence-corrected chi connectivity index (χ4v) is 1.68. The van der Waals surface area contributed by atoms with Crippen LogP contribution in [0.1, 0.15) is 5.69 Å². The van der Waals surface area contributed by atoms with Gasteiger partial charge in [0.15, 0.2) is 0 Å². The van der Waals surface area contributed by atoms with Gasteiger partial charge in [0.2, 0.25) is 5.82 Å². The van der Waals surface area contributed by atoms with Crippen LogP contribution in [0.2, 0.25) is 0 Å². The third-order valence-corrected chi connectivity index (χ3v) is 2.59. The van der Waals surface area contributed by atoms with Gasteiger partial charge in [-0.25, -0.2) is 4.98 Å². The number of aryl methyl sites for hydroxylation is 2. The smallest absolute Gasteiger partial charge is 0.311 e. The van der Waals surface area contributed by atoms with Crippen molar-refractivity contribution < 1.29 is 4.92 Å². The summed E-state index contributed by atoms with van der Waals surface area (Å²) in [5.41, 5.74) is 1.35. The van der Waals surface area contributed by atoms with Gasteiger partial charge in [0, 0.05) is 26.4 Å². The quantitative estimate of drug-likeness (QED) is 0.644. The minimum atomic E-state index is -0.472. The van der Waals surface area contributed by atoms with Crippen molar-refractivity contribution >= 4 is 23.0 Å². The van der Waals surface area contributed by atoms with E-state index >= 15 is 0 Å². The fraction of sp³-hybridized carbons (Fsp3) is 0.273. The van der Waals surface area contributed by atoms with Crippen LogP contribution < -0.4 is 10.6 Å². The van der Waals surface area contributed by atoms with Gasteiger partial charge in [-0.1, -0.05) is 0 Å². The van der Waals surface area contributed by atoms with E-state index in [0.29, 0.717) is 11.5 Å². The van der Waals surface area contributed by atoms with Gasteiger partial charge >= 0.3 is 5.69 Å². The zero-order valence-electron chi connectivity index (χ0n) is 10.8. The minimum absolute atomic E-state index is 0.0812. The second-order valence-electron chi connectivity index (χ2n) is 4.00. The van der Waals surface area contributed by atoms with Crippen molar-refractivity contribution in [3.05, 3.63) is 34.1 Å². The summed E-state index contributed by atoms with van der Waals surface area (Å²) >= 11 is 0. The molecule has 0 radical (unpaired) electrons. The molecule has 0 unspecified atom stereocenters. The van der Waals surface area contributed by atoms with Crippen LogP contribution in [-0.2, 0) is 7.05 Å². The van der Waals surface area contributed by atoms with E-state index in [1.807, 2.05) is 6.92 Å². The monoisotopic (exact) mass is 262 g/mol. The molecule has 0 saturated heterocycles. The standard InChI is InChI=1S/C11H14N6O2/c1-7-8(6-16(3)15-7)13-11-9(17(18)19)4-5-10(12-2)14-11/h4-6H,1-3H3,(H2,12,13,14). The SMILES string of the molecule is CNc1ccc([N+](=O)[O-])c(Nc2cn(C)nc2C)n1. The lowest BCUT2D eigenvalue weighted by molar-refractivity contribution is -0.384. The van der Waals surface area contributed by atoms with Crippen molar-refractivity contribution in [2.24, 2.45) is 7.05 Å². The molecular weight excluding hydrogens is 248 g/mol. The van der Waals surface area contributed by atoms with E-state index in [1.54, 1.807) is 31.0 Å². The number of pyridine rings is 1. The number of nitrogens with one attached hydrogen (secondary N) is 2. The summed E-state index contributed by atoms with van der Waals surface area (Å²) < 4.78 is 1.63. The number of rotatable bonds is 4. The Morgan fingerprint density at radius 3 is 2.68 bits per heavy atom. The molecule has 0 spiro atoms. The molecule has 0 saturated carbocycles. The average molecular weight is 262 g/mol. The molecule has 0 fully saturated rings. The number of nitro groups is 1. The highest BCUT2D eigenvalue weighted by Crippen LogP contribution is 2.28. The van der Waals surface area contributed by atoms with Gasteiger partial charge < -0.3 is 10.6 Å². The molecule has 2 N–H and O–H groups in total. The lowest BCUT2D eigenvalue weighted by Gasteiger charge is -2.06. The zero-order chi connectivity index (χ0) is 14.0. The first-order chi connectivity index (χ1) is 9.01. The van der Waals surface area contributed by atoms with E-state index in [-0.39, 0.29) is 11.5 Å². The molecule has 2 heterocycles. The second kappa shape index (κ2) is 4.92. The van der Waals surface area contributed by atoms with Gasteiger partial charge in [-0.15, -0.1) is 0 Å². The minimum Gasteiger partial charge on any atom is -0.373 e. The Balaban J connectivity index is 2.42. The van der Waals surface area contributed by atoms with Crippen LogP contribution in [0.25, 0.3) is 0 Å². The first-order valence-electron chi connectivity index (χ1n) is 5.61. The van der Waals surface area contributed by atoms with Crippen molar-refractivity contribution in [2.45, 2.75) is 6.92 Å². The number of aromatic nitrogens is 3. The summed E-state index contributed by atoms with van der Waals surface area (Å²) in [5, 5.41) is 20.9. The van der Waals surface area contributed by atoms with Crippen molar-refractivity contribution in [3.8, 4) is 0 Å². The molecule has 2 aromatic heterocycles. The maximum absolute atomic E-state index is 11.0. The fourth-order valence-electron chi connectivity index (χ4n) is 1.68. The molecule has 19 heavy (non-hydrogen) atoms. The number of hydrogen-bond acceptors (Lipinski definition) is 6. The van der Waals surface area contributed by atoms with Gasteiger partial charge in [-0.3, -0.25) is 14.8 Å². The highest BCUT2D eigenvalue weighted by molar-refractivity contribution is 5.68. The zero-order valence-corrected chi connectivity index (χ0v) is 10.8. The predicted molar refractivity (Wildman–Crippen MR) is 71.7 cm³/mol. The van der Waals surface area contributed by atoms with E-state index in [9.17, 15) is 10.1 Å². The normalized spacial score (nSPS) is 10.3. The highest BCUT2D eigenvalue weighted by atomic mass is 16.6. The number of nitrogens with zero attached hydrogens (tertiary/aromatic N) is 4. The van der Waals surface area contributed by atoms with Crippen LogP contribution in [0.3, 0.4) is 0 Å². The van der Waals surface area contributed by atoms with Crippen molar-refractivity contribution in [1.29, 1.82) is 0 Å². The van der Waals surface area contributed by atoms with E-state index in [2.05, 4.69) is 20.7 Å². The molecule has 2 aromatic rings. The van der Waals surface area contributed by atoms with Gasteiger partial charge in [-0.2, -0.15) is 5.10 Å². The predicted octanol–water partition coefficient (Wildman–Crippen LogP) is 1.82. The third kappa shape index (κ3) is 2.62. The summed E-state index contributed by atoms with van der Waals surface area (Å²) in [6.45, 7) is 1.82. The Morgan fingerprint density at radius 1 is 1.42 bits per heavy atom. The van der Waals surface area contributed by atoms with Gasteiger partial charge in [0.05, 0.1) is 16.3 Å². The second-order valence-corrected chi connectivity index (χ2v) is 4.00. The highest BCUT2D eigenvalue weighted by Gasteiger charge is 2.17. The Kier molecular flexibility index (Phi) is 3.32. The molecule has 8 nitrogen and oxygen atoms in total. The number of anilines is 3. The molecule has 0 aliphatic heterocycles. The number of hydrogen-bond donors (Lipinski definition) is 2. The van der Waals surface area contributed by atoms with E-state index in [0.717, 1.165) is 5.69 Å². The molecule has 0 amide bonds. The van der Waals surface area contributed by atoms with Crippen LogP contribution in [0, 0.1) is 17.0 Å². The first-order valence-corrected chi connectivity index (χ1v) is 5.61. The summed E-state index contributed by atoms with van der Waals surface area (Å²) in [6, 6.07) is 2.96. The van der Waals surface area contributed by atoms with Crippen LogP contribution in [-0.4, -0.2) is 26.7 Å². The Labute approximate surface area is 109 Å². The molecule has 0 bridgehead atoms. The van der Waals surface area contributed by atoms with Gasteiger partial charge in [-0.05, 0) is 13.0 Å². The average Bonchev–Trinajstić information content (AvgIpc) is 2.67. The van der Waals surface area contributed by atoms with E-state index in [4.69, 9.17) is 0 Å². The first kappa shape index (κ1) is 12.8. The summed E-state index contributed by atoms with van der Waals surface area (Å²) in [4.78, 5) is 14.7. The topological polar surface area (TPSA) is 97.9 Å². The summed E-state index contributed by atoms with van der Waals surface area (Å²) in [7, 11) is 3.48. The molecule has 8 heteroatoms. The van der Waals surface area contributed by atoms with Crippen molar-refractivity contribution in [2.75, 3.05) is 17.7 Å². The van der Waals surface area contributed by atoms with Crippen LogP contribution in [0.15, 0.2) is 18.3 Å². The van der Waals surface area contributed by atoms with Crippen molar-refractivity contribution in [1.82, 2.24) is 14.8 Å². The molecule has 2 rings (SSSR count). The maximum atomic E-state index is 11.0. The summed E-state index contributed by atoms with van der Waals surface area (Å²) in [5.74, 6) is 0.739. The molecular formula is C11H14N6O2. The maximum Gasteiger partial charge on any atom is 0.311 e. The van der Waals surface area contributed by atoms with Gasteiger partial charge in [0.1, 0.15) is 5.82 Å².